The molecule has 0 saturated heterocycles. The minimum atomic E-state index is -4.36. The van der Waals surface area contributed by atoms with Gasteiger partial charge in [-0.3, -0.25) is 4.98 Å². The summed E-state index contributed by atoms with van der Waals surface area (Å²) in [5, 5.41) is 13.0. The second-order valence-corrected chi connectivity index (χ2v) is 5.22. The number of pyridine rings is 1. The van der Waals surface area contributed by atoms with Gasteiger partial charge in [-0.1, -0.05) is 24.3 Å². The van der Waals surface area contributed by atoms with E-state index in [1.807, 2.05) is 6.07 Å². The molecule has 3 rings (SSSR count). The number of hydrogen-bond acceptors (Lipinski definition) is 3. The van der Waals surface area contributed by atoms with Crippen LogP contribution in [0.5, 0.6) is 0 Å². The van der Waals surface area contributed by atoms with Crippen molar-refractivity contribution in [3.63, 3.8) is 0 Å². The van der Waals surface area contributed by atoms with Crippen LogP contribution in [0.3, 0.4) is 0 Å². The number of nitrogens with one attached hydrogen (secondary N) is 1. The van der Waals surface area contributed by atoms with E-state index in [9.17, 15) is 13.2 Å². The fourth-order valence-electron chi connectivity index (χ4n) is 2.48. The number of rotatable bonds is 3. The Morgan fingerprint density at radius 3 is 2.62 bits per heavy atom. The average molecular weight is 327 g/mol. The highest BCUT2D eigenvalue weighted by atomic mass is 19.4. The molecule has 0 atom stereocenters. The number of benzene rings is 2. The average Bonchev–Trinajstić information content (AvgIpc) is 2.59. The second kappa shape index (κ2) is 6.20. The third kappa shape index (κ3) is 3.15. The maximum atomic E-state index is 12.8. The number of fused-ring (bicyclic) bond motifs is 1. The standard InChI is InChI=1S/C18H12F3N3/c19-18(20,21)14-5-1-3-12(9-14)11-24-16-7-8-23-17-13(10-22)4-2-6-15(16)17/h1-9H,11H2,(H,23,24). The fourth-order valence-corrected chi connectivity index (χ4v) is 2.48. The van der Waals surface area contributed by atoms with Gasteiger partial charge in [0, 0.05) is 23.8 Å². The number of hydrogen-bond donors (Lipinski definition) is 1. The van der Waals surface area contributed by atoms with Crippen molar-refractivity contribution in [2.45, 2.75) is 12.7 Å². The van der Waals surface area contributed by atoms with E-state index in [-0.39, 0.29) is 6.54 Å². The maximum Gasteiger partial charge on any atom is 0.416 e. The van der Waals surface area contributed by atoms with E-state index < -0.39 is 11.7 Å². The fraction of sp³-hybridized carbons (Fsp3) is 0.111. The van der Waals surface area contributed by atoms with E-state index in [1.165, 1.54) is 6.07 Å². The van der Waals surface area contributed by atoms with E-state index in [0.29, 0.717) is 16.6 Å². The monoisotopic (exact) mass is 327 g/mol. The van der Waals surface area contributed by atoms with Gasteiger partial charge in [0.05, 0.1) is 16.6 Å². The molecule has 1 heterocycles. The molecule has 0 aliphatic carbocycles. The molecule has 0 unspecified atom stereocenters. The molecule has 0 saturated carbocycles. The summed E-state index contributed by atoms with van der Waals surface area (Å²) in [6.45, 7) is 0.236. The zero-order valence-corrected chi connectivity index (χ0v) is 12.4. The van der Waals surface area contributed by atoms with Crippen LogP contribution in [0, 0.1) is 11.3 Å². The van der Waals surface area contributed by atoms with Crippen LogP contribution in [-0.4, -0.2) is 4.98 Å². The summed E-state index contributed by atoms with van der Waals surface area (Å²) in [5.74, 6) is 0. The first-order valence-electron chi connectivity index (χ1n) is 7.17. The Balaban J connectivity index is 1.88. The highest BCUT2D eigenvalue weighted by Crippen LogP contribution is 2.30. The lowest BCUT2D eigenvalue weighted by Gasteiger charge is -2.12. The molecule has 24 heavy (non-hydrogen) atoms. The lowest BCUT2D eigenvalue weighted by molar-refractivity contribution is -0.137. The van der Waals surface area contributed by atoms with Crippen LogP contribution in [0.15, 0.2) is 54.7 Å². The second-order valence-electron chi connectivity index (χ2n) is 5.22. The van der Waals surface area contributed by atoms with Crippen molar-refractivity contribution in [2.24, 2.45) is 0 Å². The molecule has 0 radical (unpaired) electrons. The number of alkyl halides is 3. The molecule has 0 aliphatic rings. The molecule has 2 aromatic carbocycles. The zero-order chi connectivity index (χ0) is 17.2. The number of aromatic nitrogens is 1. The first-order valence-corrected chi connectivity index (χ1v) is 7.17. The first kappa shape index (κ1) is 15.8. The van der Waals surface area contributed by atoms with Crippen molar-refractivity contribution in [2.75, 3.05) is 5.32 Å². The van der Waals surface area contributed by atoms with Crippen molar-refractivity contribution in [1.29, 1.82) is 5.26 Å². The van der Waals surface area contributed by atoms with Crippen LogP contribution in [0.25, 0.3) is 10.9 Å². The Hall–Kier alpha value is -3.07. The van der Waals surface area contributed by atoms with Gasteiger partial charge in [0.2, 0.25) is 0 Å². The molecule has 0 fully saturated rings. The predicted octanol–water partition coefficient (Wildman–Crippen LogP) is 4.74. The van der Waals surface area contributed by atoms with Crippen LogP contribution in [0.1, 0.15) is 16.7 Å². The van der Waals surface area contributed by atoms with Crippen LogP contribution in [0.2, 0.25) is 0 Å². The van der Waals surface area contributed by atoms with Gasteiger partial charge in [0.25, 0.3) is 0 Å². The summed E-state index contributed by atoms with van der Waals surface area (Å²) >= 11 is 0. The minimum absolute atomic E-state index is 0.236. The van der Waals surface area contributed by atoms with Gasteiger partial charge in [-0.15, -0.1) is 0 Å². The summed E-state index contributed by atoms with van der Waals surface area (Å²) in [4.78, 5) is 4.20. The van der Waals surface area contributed by atoms with E-state index in [0.717, 1.165) is 23.2 Å². The molecule has 1 N–H and O–H groups in total. The van der Waals surface area contributed by atoms with E-state index in [2.05, 4.69) is 16.4 Å². The van der Waals surface area contributed by atoms with Gasteiger partial charge in [-0.05, 0) is 29.8 Å². The largest absolute Gasteiger partial charge is 0.416 e. The number of halogens is 3. The molecule has 0 spiro atoms. The zero-order valence-electron chi connectivity index (χ0n) is 12.4. The van der Waals surface area contributed by atoms with Crippen LogP contribution < -0.4 is 5.32 Å². The Morgan fingerprint density at radius 2 is 1.88 bits per heavy atom. The molecular formula is C18H12F3N3. The highest BCUT2D eigenvalue weighted by molar-refractivity contribution is 5.94. The third-order valence-corrected chi connectivity index (χ3v) is 3.63. The Labute approximate surface area is 136 Å². The molecule has 0 aliphatic heterocycles. The summed E-state index contributed by atoms with van der Waals surface area (Å²) in [6, 6.07) is 14.2. The predicted molar refractivity (Wildman–Crippen MR) is 85.2 cm³/mol. The van der Waals surface area contributed by atoms with E-state index >= 15 is 0 Å². The van der Waals surface area contributed by atoms with Gasteiger partial charge in [0.15, 0.2) is 0 Å². The minimum Gasteiger partial charge on any atom is -0.380 e. The Morgan fingerprint density at radius 1 is 1.08 bits per heavy atom. The van der Waals surface area contributed by atoms with Crippen molar-refractivity contribution in [3.8, 4) is 6.07 Å². The SMILES string of the molecule is N#Cc1cccc2c(NCc3cccc(C(F)(F)F)c3)ccnc12. The summed E-state index contributed by atoms with van der Waals surface area (Å²) in [6.07, 6.45) is -2.79. The van der Waals surface area contributed by atoms with E-state index in [4.69, 9.17) is 5.26 Å². The quantitative estimate of drug-likeness (QED) is 0.756. The summed E-state index contributed by atoms with van der Waals surface area (Å²) in [5.41, 5.74) is 1.58. The van der Waals surface area contributed by atoms with Crippen LogP contribution in [-0.2, 0) is 12.7 Å². The summed E-state index contributed by atoms with van der Waals surface area (Å²) in [7, 11) is 0. The number of nitriles is 1. The number of para-hydroxylation sites is 1. The third-order valence-electron chi connectivity index (χ3n) is 3.63. The maximum absolute atomic E-state index is 12.8. The first-order chi connectivity index (χ1) is 11.5. The van der Waals surface area contributed by atoms with E-state index in [1.54, 1.807) is 30.5 Å². The number of nitrogens with zero attached hydrogens (tertiary/aromatic N) is 2. The molecule has 1 aromatic heterocycles. The van der Waals surface area contributed by atoms with Crippen molar-refractivity contribution in [1.82, 2.24) is 4.98 Å². The van der Waals surface area contributed by atoms with Gasteiger partial charge >= 0.3 is 6.18 Å². The van der Waals surface area contributed by atoms with Crippen LogP contribution in [0.4, 0.5) is 18.9 Å². The van der Waals surface area contributed by atoms with Gasteiger partial charge in [-0.2, -0.15) is 18.4 Å². The van der Waals surface area contributed by atoms with Crippen molar-refractivity contribution >= 4 is 16.6 Å². The Kier molecular flexibility index (Phi) is 4.09. The molecular weight excluding hydrogens is 315 g/mol. The van der Waals surface area contributed by atoms with Crippen molar-refractivity contribution < 1.29 is 13.2 Å². The van der Waals surface area contributed by atoms with Gasteiger partial charge < -0.3 is 5.32 Å². The lowest BCUT2D eigenvalue weighted by Crippen LogP contribution is -2.07. The van der Waals surface area contributed by atoms with Crippen LogP contribution >= 0.6 is 0 Å². The summed E-state index contributed by atoms with van der Waals surface area (Å²) < 4.78 is 38.3. The Bertz CT molecular complexity index is 927. The molecule has 3 nitrogen and oxygen atoms in total. The smallest absolute Gasteiger partial charge is 0.380 e. The molecule has 3 aromatic rings. The molecule has 0 bridgehead atoms. The normalized spacial score (nSPS) is 11.2. The molecule has 120 valence electrons. The van der Waals surface area contributed by atoms with Crippen molar-refractivity contribution in [3.05, 3.63) is 71.4 Å². The topological polar surface area (TPSA) is 48.7 Å². The van der Waals surface area contributed by atoms with Gasteiger partial charge in [-0.25, -0.2) is 0 Å². The molecule has 6 heteroatoms. The van der Waals surface area contributed by atoms with Gasteiger partial charge in [0.1, 0.15) is 6.07 Å². The highest BCUT2D eigenvalue weighted by Gasteiger charge is 2.30. The molecule has 0 amide bonds. The number of anilines is 1. The lowest BCUT2D eigenvalue weighted by atomic mass is 10.1.